The second-order valence-corrected chi connectivity index (χ2v) is 5.62. The van der Waals surface area contributed by atoms with Crippen LogP contribution < -0.4 is 5.73 Å². The number of likely N-dealkylation sites (tertiary alicyclic amines) is 2. The first-order valence-corrected chi connectivity index (χ1v) is 7.07. The zero-order valence-electron chi connectivity index (χ0n) is 12.7. The van der Waals surface area contributed by atoms with Crippen molar-refractivity contribution in [2.75, 3.05) is 14.1 Å². The lowest BCUT2D eigenvalue weighted by molar-refractivity contribution is -0.122. The molecule has 0 aromatic heterocycles. The maximum atomic E-state index is 10.8. The van der Waals surface area contributed by atoms with Crippen molar-refractivity contribution in [2.45, 2.75) is 56.8 Å². The number of carbonyl (C=O) groups is 1. The quantitative estimate of drug-likeness (QED) is 0.716. The van der Waals surface area contributed by atoms with Gasteiger partial charge in [-0.15, -0.1) is 12.8 Å². The molecular formula is C16H25N3O. The molecule has 0 aromatic carbocycles. The Morgan fingerprint density at radius 1 is 1.05 bits per heavy atom. The SMILES string of the molecule is C#C[C@H]1CC[C@@H](C(N)=O)N1C.C#C[C@H]1CC[C@@H](C)N1C. The van der Waals surface area contributed by atoms with Crippen molar-refractivity contribution in [1.82, 2.24) is 9.80 Å². The molecule has 2 N–H and O–H groups in total. The minimum Gasteiger partial charge on any atom is -0.368 e. The van der Waals surface area contributed by atoms with E-state index < -0.39 is 0 Å². The highest BCUT2D eigenvalue weighted by molar-refractivity contribution is 5.80. The van der Waals surface area contributed by atoms with Crippen LogP contribution in [0.2, 0.25) is 0 Å². The van der Waals surface area contributed by atoms with Crippen LogP contribution in [-0.2, 0) is 4.79 Å². The third-order valence-electron chi connectivity index (χ3n) is 4.45. The summed E-state index contributed by atoms with van der Waals surface area (Å²) in [6.07, 6.45) is 14.6. The van der Waals surface area contributed by atoms with Gasteiger partial charge in [0.15, 0.2) is 0 Å². The number of terminal acetylenes is 2. The van der Waals surface area contributed by atoms with E-state index >= 15 is 0 Å². The number of hydrogen-bond donors (Lipinski definition) is 1. The summed E-state index contributed by atoms with van der Waals surface area (Å²) in [7, 11) is 3.94. The molecule has 2 fully saturated rings. The van der Waals surface area contributed by atoms with Crippen molar-refractivity contribution in [1.29, 1.82) is 0 Å². The zero-order valence-corrected chi connectivity index (χ0v) is 12.7. The van der Waals surface area contributed by atoms with Gasteiger partial charge in [0.05, 0.1) is 18.1 Å². The number of carbonyl (C=O) groups excluding carboxylic acids is 1. The normalized spacial score (nSPS) is 33.9. The smallest absolute Gasteiger partial charge is 0.234 e. The van der Waals surface area contributed by atoms with E-state index in [1.165, 1.54) is 12.8 Å². The van der Waals surface area contributed by atoms with Crippen LogP contribution in [0.15, 0.2) is 0 Å². The van der Waals surface area contributed by atoms with Crippen molar-refractivity contribution in [2.24, 2.45) is 5.73 Å². The molecule has 2 saturated heterocycles. The first kappa shape index (κ1) is 16.6. The summed E-state index contributed by atoms with van der Waals surface area (Å²) in [5, 5.41) is 0. The molecule has 4 atom stereocenters. The molecule has 110 valence electrons. The Labute approximate surface area is 122 Å². The molecule has 0 aromatic rings. The van der Waals surface area contributed by atoms with Gasteiger partial charge in [0, 0.05) is 6.04 Å². The minimum atomic E-state index is -0.273. The summed E-state index contributed by atoms with van der Waals surface area (Å²) in [6.45, 7) is 2.22. The van der Waals surface area contributed by atoms with E-state index in [1.54, 1.807) is 0 Å². The molecule has 4 nitrogen and oxygen atoms in total. The average molecular weight is 275 g/mol. The summed E-state index contributed by atoms with van der Waals surface area (Å²) in [6, 6.07) is 1.02. The standard InChI is InChI=1S/C8H12N2O.C8H13N/c1-3-6-4-5-7(8(9)11)10(6)2;1-4-8-6-5-7(2)9(8)3/h1,6-7H,4-5H2,2H3,(H2,9,11);1,7-8H,5-6H2,2-3H3/t6-,7-;7-,8+/m01/s1. The maximum absolute atomic E-state index is 10.8. The van der Waals surface area contributed by atoms with Crippen molar-refractivity contribution < 1.29 is 4.79 Å². The van der Waals surface area contributed by atoms with E-state index in [9.17, 15) is 4.79 Å². The van der Waals surface area contributed by atoms with Gasteiger partial charge in [-0.05, 0) is 46.7 Å². The van der Waals surface area contributed by atoms with E-state index in [0.29, 0.717) is 12.1 Å². The molecule has 1 amide bonds. The van der Waals surface area contributed by atoms with Crippen LogP contribution in [-0.4, -0.2) is 54.0 Å². The Hall–Kier alpha value is -1.49. The molecule has 2 rings (SSSR count). The number of nitrogens with zero attached hydrogens (tertiary/aromatic N) is 2. The summed E-state index contributed by atoms with van der Waals surface area (Å²) in [5.41, 5.74) is 5.16. The fourth-order valence-electron chi connectivity index (χ4n) is 2.80. The molecule has 2 heterocycles. The molecule has 4 heteroatoms. The van der Waals surface area contributed by atoms with Crippen molar-refractivity contribution in [3.8, 4) is 24.7 Å². The van der Waals surface area contributed by atoms with Crippen molar-refractivity contribution in [3.05, 3.63) is 0 Å². The first-order valence-electron chi connectivity index (χ1n) is 7.07. The predicted octanol–water partition coefficient (Wildman–Crippen LogP) is 0.670. The third-order valence-corrected chi connectivity index (χ3v) is 4.45. The predicted molar refractivity (Wildman–Crippen MR) is 81.7 cm³/mol. The van der Waals surface area contributed by atoms with Gasteiger partial charge in [-0.25, -0.2) is 0 Å². The van der Waals surface area contributed by atoms with Gasteiger partial charge in [0.25, 0.3) is 0 Å². The highest BCUT2D eigenvalue weighted by Crippen LogP contribution is 2.21. The van der Waals surface area contributed by atoms with Crippen LogP contribution in [0.1, 0.15) is 32.6 Å². The Bertz CT molecular complexity index is 420. The molecule has 0 aliphatic carbocycles. The zero-order chi connectivity index (χ0) is 15.3. The van der Waals surface area contributed by atoms with E-state index in [4.69, 9.17) is 18.6 Å². The number of likely N-dealkylation sites (N-methyl/N-ethyl adjacent to an activating group) is 1. The molecule has 0 unspecified atom stereocenters. The number of primary amides is 1. The van der Waals surface area contributed by atoms with E-state index in [0.717, 1.165) is 12.8 Å². The topological polar surface area (TPSA) is 49.6 Å². The maximum Gasteiger partial charge on any atom is 0.234 e. The first-order chi connectivity index (χ1) is 9.42. The number of nitrogens with two attached hydrogens (primary N) is 1. The summed E-state index contributed by atoms with van der Waals surface area (Å²) in [4.78, 5) is 14.9. The highest BCUT2D eigenvalue weighted by atomic mass is 16.1. The molecule has 20 heavy (non-hydrogen) atoms. The van der Waals surface area contributed by atoms with Crippen LogP contribution in [0.5, 0.6) is 0 Å². The fraction of sp³-hybridized carbons (Fsp3) is 0.688. The van der Waals surface area contributed by atoms with Gasteiger partial charge in [-0.2, -0.15) is 0 Å². The van der Waals surface area contributed by atoms with Crippen LogP contribution >= 0.6 is 0 Å². The van der Waals surface area contributed by atoms with Gasteiger partial charge in [-0.3, -0.25) is 14.6 Å². The van der Waals surface area contributed by atoms with Crippen molar-refractivity contribution >= 4 is 5.91 Å². The molecular weight excluding hydrogens is 250 g/mol. The molecule has 0 radical (unpaired) electrons. The number of rotatable bonds is 1. The molecule has 0 saturated carbocycles. The molecule has 0 bridgehead atoms. The number of hydrogen-bond acceptors (Lipinski definition) is 3. The summed E-state index contributed by atoms with van der Waals surface area (Å²) in [5.74, 6) is 5.11. The van der Waals surface area contributed by atoms with Gasteiger partial charge in [0.1, 0.15) is 0 Å². The largest absolute Gasteiger partial charge is 0.368 e. The van der Waals surface area contributed by atoms with E-state index in [2.05, 4.69) is 30.7 Å². The Morgan fingerprint density at radius 3 is 1.80 bits per heavy atom. The highest BCUT2D eigenvalue weighted by Gasteiger charge is 2.32. The summed E-state index contributed by atoms with van der Waals surface area (Å²) < 4.78 is 0. The number of amides is 1. The Balaban J connectivity index is 0.000000204. The molecule has 2 aliphatic heterocycles. The second kappa shape index (κ2) is 7.33. The second-order valence-electron chi connectivity index (χ2n) is 5.62. The van der Waals surface area contributed by atoms with Gasteiger partial charge in [-0.1, -0.05) is 11.8 Å². The van der Waals surface area contributed by atoms with E-state index in [-0.39, 0.29) is 18.0 Å². The molecule has 2 aliphatic rings. The van der Waals surface area contributed by atoms with Crippen LogP contribution in [0.25, 0.3) is 0 Å². The average Bonchev–Trinajstić information content (AvgIpc) is 2.94. The lowest BCUT2D eigenvalue weighted by Crippen LogP contribution is -2.40. The van der Waals surface area contributed by atoms with Crippen LogP contribution in [0.4, 0.5) is 0 Å². The Morgan fingerprint density at radius 2 is 1.55 bits per heavy atom. The van der Waals surface area contributed by atoms with Crippen molar-refractivity contribution in [3.63, 3.8) is 0 Å². The third kappa shape index (κ3) is 3.76. The van der Waals surface area contributed by atoms with E-state index in [1.807, 2.05) is 11.9 Å². The summed E-state index contributed by atoms with van der Waals surface area (Å²) >= 11 is 0. The van der Waals surface area contributed by atoms with Crippen LogP contribution in [0, 0.1) is 24.7 Å². The lowest BCUT2D eigenvalue weighted by Gasteiger charge is -2.19. The molecule has 0 spiro atoms. The minimum absolute atomic E-state index is 0.0903. The monoisotopic (exact) mass is 275 g/mol. The lowest BCUT2D eigenvalue weighted by atomic mass is 10.2. The Kier molecular flexibility index (Phi) is 6.07. The van der Waals surface area contributed by atoms with Gasteiger partial charge in [0.2, 0.25) is 5.91 Å². The van der Waals surface area contributed by atoms with Gasteiger partial charge >= 0.3 is 0 Å². The van der Waals surface area contributed by atoms with Crippen LogP contribution in [0.3, 0.4) is 0 Å². The fourth-order valence-corrected chi connectivity index (χ4v) is 2.80. The van der Waals surface area contributed by atoms with Gasteiger partial charge < -0.3 is 5.73 Å².